The Morgan fingerprint density at radius 3 is 2.52 bits per heavy atom. The number of piperazine rings is 1. The second kappa shape index (κ2) is 7.58. The number of fused-ring (bicyclic) bond motifs is 1. The van der Waals surface area contributed by atoms with Gasteiger partial charge >= 0.3 is 6.18 Å². The number of carbonyl (C=O) groups is 2. The Hall–Kier alpha value is -2.75. The second-order valence-electron chi connectivity index (χ2n) is 6.73. The minimum Gasteiger partial charge on any atom is -0.353 e. The van der Waals surface area contributed by atoms with Crippen LogP contribution in [-0.4, -0.2) is 53.6 Å². The molecule has 2 amide bonds. The van der Waals surface area contributed by atoms with Crippen molar-refractivity contribution in [1.82, 2.24) is 9.88 Å². The van der Waals surface area contributed by atoms with Crippen molar-refractivity contribution < 1.29 is 22.8 Å². The molecular formula is C19H17F3N4O2S. The van der Waals surface area contributed by atoms with Crippen LogP contribution in [0.3, 0.4) is 0 Å². The number of amides is 2. The lowest BCUT2D eigenvalue weighted by Gasteiger charge is -2.35. The van der Waals surface area contributed by atoms with Crippen molar-refractivity contribution in [2.45, 2.75) is 11.1 Å². The number of halogens is 3. The number of aromatic nitrogens is 1. The molecule has 0 unspecified atom stereocenters. The molecule has 0 atom stereocenters. The van der Waals surface area contributed by atoms with Gasteiger partial charge in [-0.2, -0.15) is 13.2 Å². The number of thioether (sulfide) groups is 1. The number of nitrogens with zero attached hydrogens (tertiary/aromatic N) is 3. The van der Waals surface area contributed by atoms with E-state index in [0.29, 0.717) is 49.0 Å². The summed E-state index contributed by atoms with van der Waals surface area (Å²) in [7, 11) is 0. The fourth-order valence-corrected chi connectivity index (χ4v) is 4.07. The van der Waals surface area contributed by atoms with E-state index in [0.717, 1.165) is 17.2 Å². The zero-order chi connectivity index (χ0) is 20.6. The quantitative estimate of drug-likeness (QED) is 0.806. The van der Waals surface area contributed by atoms with Gasteiger partial charge in [-0.15, -0.1) is 11.8 Å². The Morgan fingerprint density at radius 1 is 1.10 bits per heavy atom. The van der Waals surface area contributed by atoms with Crippen LogP contribution in [0.2, 0.25) is 0 Å². The van der Waals surface area contributed by atoms with Crippen molar-refractivity contribution >= 4 is 35.1 Å². The van der Waals surface area contributed by atoms with E-state index in [-0.39, 0.29) is 11.8 Å². The number of anilines is 2. The molecule has 6 nitrogen and oxygen atoms in total. The lowest BCUT2D eigenvalue weighted by atomic mass is 10.1. The van der Waals surface area contributed by atoms with Crippen LogP contribution in [0.25, 0.3) is 0 Å². The minimum atomic E-state index is -4.41. The monoisotopic (exact) mass is 422 g/mol. The smallest absolute Gasteiger partial charge is 0.353 e. The molecule has 0 aliphatic carbocycles. The van der Waals surface area contributed by atoms with Crippen molar-refractivity contribution in [3.63, 3.8) is 0 Å². The van der Waals surface area contributed by atoms with Gasteiger partial charge in [0.15, 0.2) is 0 Å². The van der Waals surface area contributed by atoms with Crippen LogP contribution in [0.4, 0.5) is 24.7 Å². The van der Waals surface area contributed by atoms with Gasteiger partial charge in [-0.3, -0.25) is 9.59 Å². The molecule has 0 saturated carbocycles. The first-order valence-corrected chi connectivity index (χ1v) is 9.94. The molecule has 2 aliphatic rings. The van der Waals surface area contributed by atoms with Crippen molar-refractivity contribution in [2.75, 3.05) is 42.1 Å². The van der Waals surface area contributed by atoms with E-state index >= 15 is 0 Å². The standard InChI is InChI=1S/C19H17F3N4O2S/c20-19(21,22)13-2-4-16(23-10-13)25-5-7-26(8-6-25)18(28)12-1-3-15-14(9-12)24-17(27)11-29-15/h1-4,9-10H,5-8,11H2,(H,24,27). The number of benzene rings is 1. The van der Waals surface area contributed by atoms with Gasteiger partial charge in [0.25, 0.3) is 5.91 Å². The number of carbonyl (C=O) groups excluding carboxylic acids is 2. The molecule has 0 radical (unpaired) electrons. The van der Waals surface area contributed by atoms with E-state index in [2.05, 4.69) is 10.3 Å². The molecule has 2 aromatic rings. The molecule has 1 fully saturated rings. The van der Waals surface area contributed by atoms with Crippen LogP contribution < -0.4 is 10.2 Å². The number of hydrogen-bond donors (Lipinski definition) is 1. The summed E-state index contributed by atoms with van der Waals surface area (Å²) in [6.07, 6.45) is -3.59. The highest BCUT2D eigenvalue weighted by atomic mass is 32.2. The lowest BCUT2D eigenvalue weighted by Crippen LogP contribution is -2.49. The largest absolute Gasteiger partial charge is 0.417 e. The highest BCUT2D eigenvalue weighted by Gasteiger charge is 2.31. The summed E-state index contributed by atoms with van der Waals surface area (Å²) in [6.45, 7) is 1.81. The van der Waals surface area contributed by atoms with E-state index in [1.807, 2.05) is 11.0 Å². The lowest BCUT2D eigenvalue weighted by molar-refractivity contribution is -0.137. The topological polar surface area (TPSA) is 65.5 Å². The van der Waals surface area contributed by atoms with Gasteiger partial charge in [-0.1, -0.05) is 0 Å². The number of rotatable bonds is 2. The molecule has 29 heavy (non-hydrogen) atoms. The maximum absolute atomic E-state index is 12.8. The van der Waals surface area contributed by atoms with E-state index in [9.17, 15) is 22.8 Å². The Morgan fingerprint density at radius 2 is 1.86 bits per heavy atom. The summed E-state index contributed by atoms with van der Waals surface area (Å²) in [5.74, 6) is 0.585. The highest BCUT2D eigenvalue weighted by molar-refractivity contribution is 8.00. The molecule has 3 heterocycles. The summed E-state index contributed by atoms with van der Waals surface area (Å²) in [6, 6.07) is 7.62. The van der Waals surface area contributed by atoms with Crippen molar-refractivity contribution in [3.05, 3.63) is 47.7 Å². The predicted octanol–water partition coefficient (Wildman–Crippen LogP) is 3.11. The molecule has 4 rings (SSSR count). The van der Waals surface area contributed by atoms with Gasteiger partial charge in [0.05, 0.1) is 17.0 Å². The average molecular weight is 422 g/mol. The van der Waals surface area contributed by atoms with Gasteiger partial charge in [0, 0.05) is 42.8 Å². The van der Waals surface area contributed by atoms with Gasteiger partial charge < -0.3 is 15.1 Å². The van der Waals surface area contributed by atoms with Gasteiger partial charge in [0.2, 0.25) is 5.91 Å². The van der Waals surface area contributed by atoms with Gasteiger partial charge in [-0.25, -0.2) is 4.98 Å². The molecule has 10 heteroatoms. The van der Waals surface area contributed by atoms with Gasteiger partial charge in [0.1, 0.15) is 5.82 Å². The van der Waals surface area contributed by atoms with Gasteiger partial charge in [-0.05, 0) is 30.3 Å². The SMILES string of the molecule is O=C1CSc2ccc(C(=O)N3CCN(c4ccc(C(F)(F)F)cn4)CC3)cc2N1. The minimum absolute atomic E-state index is 0.0928. The predicted molar refractivity (Wildman–Crippen MR) is 103 cm³/mol. The third kappa shape index (κ3) is 4.16. The Balaban J connectivity index is 1.40. The molecule has 1 N–H and O–H groups in total. The maximum atomic E-state index is 12.8. The molecule has 0 spiro atoms. The normalized spacial score (nSPS) is 17.0. The van der Waals surface area contributed by atoms with E-state index < -0.39 is 11.7 Å². The first kappa shape index (κ1) is 19.6. The van der Waals surface area contributed by atoms with Crippen LogP contribution in [0.15, 0.2) is 41.4 Å². The van der Waals surface area contributed by atoms with Crippen molar-refractivity contribution in [3.8, 4) is 0 Å². The molecule has 1 saturated heterocycles. The molecular weight excluding hydrogens is 405 g/mol. The summed E-state index contributed by atoms with van der Waals surface area (Å²) < 4.78 is 38.0. The maximum Gasteiger partial charge on any atom is 0.417 e. The number of hydrogen-bond acceptors (Lipinski definition) is 5. The zero-order valence-electron chi connectivity index (χ0n) is 15.2. The second-order valence-corrected chi connectivity index (χ2v) is 7.75. The van der Waals surface area contributed by atoms with Crippen molar-refractivity contribution in [2.24, 2.45) is 0 Å². The summed E-state index contributed by atoms with van der Waals surface area (Å²) in [5.41, 5.74) is 0.352. The third-order valence-electron chi connectivity index (χ3n) is 4.83. The fraction of sp³-hybridized carbons (Fsp3) is 0.316. The van der Waals surface area contributed by atoms with Crippen LogP contribution in [0.5, 0.6) is 0 Å². The van der Waals surface area contributed by atoms with E-state index in [4.69, 9.17) is 0 Å². The summed E-state index contributed by atoms with van der Waals surface area (Å²) >= 11 is 1.43. The molecule has 0 bridgehead atoms. The average Bonchev–Trinajstić information content (AvgIpc) is 2.72. The number of pyridine rings is 1. The Bertz CT molecular complexity index is 941. The number of alkyl halides is 3. The van der Waals surface area contributed by atoms with Crippen LogP contribution >= 0.6 is 11.8 Å². The number of nitrogens with one attached hydrogen (secondary N) is 1. The third-order valence-corrected chi connectivity index (χ3v) is 5.90. The molecule has 152 valence electrons. The molecule has 1 aromatic heterocycles. The first-order chi connectivity index (χ1) is 13.8. The summed E-state index contributed by atoms with van der Waals surface area (Å²) in [4.78, 5) is 32.8. The zero-order valence-corrected chi connectivity index (χ0v) is 16.0. The van der Waals surface area contributed by atoms with Crippen LogP contribution in [0.1, 0.15) is 15.9 Å². The van der Waals surface area contributed by atoms with Crippen molar-refractivity contribution in [1.29, 1.82) is 0 Å². The Labute approximate surface area is 169 Å². The van der Waals surface area contributed by atoms with E-state index in [1.54, 1.807) is 17.0 Å². The fourth-order valence-electron chi connectivity index (χ4n) is 3.28. The molecule has 2 aliphatic heterocycles. The van der Waals surface area contributed by atoms with Crippen LogP contribution in [0, 0.1) is 0 Å². The Kier molecular flexibility index (Phi) is 5.12. The highest BCUT2D eigenvalue weighted by Crippen LogP contribution is 2.32. The van der Waals surface area contributed by atoms with E-state index in [1.165, 1.54) is 17.8 Å². The van der Waals surface area contributed by atoms with Crippen LogP contribution in [-0.2, 0) is 11.0 Å². The summed E-state index contributed by atoms with van der Waals surface area (Å²) in [5, 5.41) is 2.77. The first-order valence-electron chi connectivity index (χ1n) is 8.95. The molecule has 1 aromatic carbocycles.